The molecule has 1 aliphatic carbocycles. The first-order valence-corrected chi connectivity index (χ1v) is 7.63. The minimum Gasteiger partial charge on any atom is -0.506 e. The van der Waals surface area contributed by atoms with Gasteiger partial charge in [-0.05, 0) is 31.2 Å². The first kappa shape index (κ1) is 15.1. The summed E-state index contributed by atoms with van der Waals surface area (Å²) in [4.78, 5) is 42.4. The average Bonchev–Trinajstić information content (AvgIpc) is 2.97. The van der Waals surface area contributed by atoms with E-state index < -0.39 is 17.5 Å². The fourth-order valence-electron chi connectivity index (χ4n) is 3.15. The van der Waals surface area contributed by atoms with E-state index in [1.54, 1.807) is 13.0 Å². The van der Waals surface area contributed by atoms with Gasteiger partial charge in [0, 0.05) is 12.4 Å². The van der Waals surface area contributed by atoms with Gasteiger partial charge < -0.3 is 14.2 Å². The molecule has 3 heterocycles. The number of fused-ring (bicyclic) bond motifs is 4. The van der Waals surface area contributed by atoms with Crippen LogP contribution in [0.5, 0.6) is 5.75 Å². The monoisotopic (exact) mass is 336 g/mol. The first-order chi connectivity index (χ1) is 12.1. The zero-order valence-electron chi connectivity index (χ0n) is 13.1. The van der Waals surface area contributed by atoms with E-state index in [0.29, 0.717) is 0 Å². The zero-order valence-corrected chi connectivity index (χ0v) is 13.1. The molecule has 25 heavy (non-hydrogen) atoms. The maximum absolute atomic E-state index is 13.0. The lowest BCUT2D eigenvalue weighted by Crippen LogP contribution is -2.24. The summed E-state index contributed by atoms with van der Waals surface area (Å²) in [6.45, 7) is 1.73. The van der Waals surface area contributed by atoms with Gasteiger partial charge in [-0.15, -0.1) is 0 Å². The van der Waals surface area contributed by atoms with E-state index >= 15 is 0 Å². The second kappa shape index (κ2) is 5.27. The molecule has 0 aliphatic heterocycles. The van der Waals surface area contributed by atoms with Crippen molar-refractivity contribution in [3.8, 4) is 5.75 Å². The lowest BCUT2D eigenvalue weighted by molar-refractivity contribution is 0.0526. The molecule has 1 N–H and O–H groups in total. The fourth-order valence-corrected chi connectivity index (χ4v) is 3.15. The van der Waals surface area contributed by atoms with E-state index in [2.05, 4.69) is 4.98 Å². The Labute approximate surface area is 141 Å². The number of ketones is 2. The Morgan fingerprint density at radius 3 is 2.80 bits per heavy atom. The molecule has 3 aromatic heterocycles. The third-order valence-corrected chi connectivity index (χ3v) is 4.13. The smallest absolute Gasteiger partial charge is 0.341 e. The summed E-state index contributed by atoms with van der Waals surface area (Å²) in [5, 5.41) is 10.2. The van der Waals surface area contributed by atoms with Crippen LogP contribution in [0.15, 0.2) is 36.7 Å². The van der Waals surface area contributed by atoms with Crippen LogP contribution in [0.1, 0.15) is 49.4 Å². The Morgan fingerprint density at radius 1 is 1.24 bits per heavy atom. The van der Waals surface area contributed by atoms with Crippen LogP contribution in [0, 0.1) is 0 Å². The van der Waals surface area contributed by atoms with Gasteiger partial charge in [-0.25, -0.2) is 4.79 Å². The average molecular weight is 336 g/mol. The van der Waals surface area contributed by atoms with E-state index in [1.165, 1.54) is 35.0 Å². The van der Waals surface area contributed by atoms with Crippen molar-refractivity contribution in [1.29, 1.82) is 0 Å². The van der Waals surface area contributed by atoms with Gasteiger partial charge in [0.25, 0.3) is 0 Å². The highest BCUT2D eigenvalue weighted by Gasteiger charge is 2.39. The van der Waals surface area contributed by atoms with Crippen LogP contribution in [-0.2, 0) is 4.74 Å². The second-order valence-corrected chi connectivity index (χ2v) is 5.49. The number of esters is 1. The summed E-state index contributed by atoms with van der Waals surface area (Å²) in [6.07, 6.45) is 2.93. The number of aromatic nitrogens is 2. The van der Waals surface area contributed by atoms with Crippen molar-refractivity contribution in [2.24, 2.45) is 0 Å². The molecule has 0 saturated heterocycles. The third-order valence-electron chi connectivity index (χ3n) is 4.13. The molecular formula is C18H12N2O5. The number of pyridine rings is 2. The van der Waals surface area contributed by atoms with Crippen LogP contribution >= 0.6 is 0 Å². The van der Waals surface area contributed by atoms with Gasteiger partial charge >= 0.3 is 5.97 Å². The van der Waals surface area contributed by atoms with Crippen LogP contribution in [0.25, 0.3) is 5.52 Å². The van der Waals surface area contributed by atoms with E-state index in [4.69, 9.17) is 4.74 Å². The van der Waals surface area contributed by atoms with Gasteiger partial charge in [0.1, 0.15) is 28.2 Å². The molecular weight excluding hydrogens is 324 g/mol. The number of aromatic hydroxyl groups is 1. The van der Waals surface area contributed by atoms with Crippen LogP contribution in [-0.4, -0.2) is 38.6 Å². The van der Waals surface area contributed by atoms with Gasteiger partial charge in [0.15, 0.2) is 5.78 Å². The van der Waals surface area contributed by atoms with Crippen molar-refractivity contribution in [3.63, 3.8) is 0 Å². The van der Waals surface area contributed by atoms with E-state index in [0.717, 1.165) is 0 Å². The van der Waals surface area contributed by atoms with Crippen molar-refractivity contribution in [2.75, 3.05) is 6.61 Å². The van der Waals surface area contributed by atoms with Gasteiger partial charge in [-0.1, -0.05) is 0 Å². The highest BCUT2D eigenvalue weighted by atomic mass is 16.5. The Kier molecular flexibility index (Phi) is 3.18. The SMILES string of the molecule is CCOC(=O)c1c2c(n3cccc(O)c13)C(=O)c1ncccc1C2=O. The lowest BCUT2D eigenvalue weighted by atomic mass is 9.89. The number of nitrogens with zero attached hydrogens (tertiary/aromatic N) is 2. The molecule has 0 fully saturated rings. The standard InChI is InChI=1S/C18H12N2O5/c1-2-25-18(24)12-11-15(20-8-4-6-10(21)14(12)20)17(23)13-9(16(11)22)5-3-7-19-13/h3-8,21H,2H2,1H3. The summed E-state index contributed by atoms with van der Waals surface area (Å²) in [5.74, 6) is -1.97. The number of carbonyl (C=O) groups excluding carboxylic acids is 3. The van der Waals surface area contributed by atoms with Crippen molar-refractivity contribution in [2.45, 2.75) is 6.92 Å². The molecule has 0 amide bonds. The van der Waals surface area contributed by atoms with Gasteiger partial charge in [-0.2, -0.15) is 0 Å². The van der Waals surface area contributed by atoms with Gasteiger partial charge in [0.05, 0.1) is 17.7 Å². The number of rotatable bonds is 2. The van der Waals surface area contributed by atoms with E-state index in [9.17, 15) is 19.5 Å². The van der Waals surface area contributed by atoms with Crippen molar-refractivity contribution >= 4 is 23.1 Å². The molecule has 124 valence electrons. The Hall–Kier alpha value is -3.48. The van der Waals surface area contributed by atoms with Gasteiger partial charge in [-0.3, -0.25) is 14.6 Å². The fraction of sp³-hybridized carbons (Fsp3) is 0.111. The quantitative estimate of drug-likeness (QED) is 0.562. The van der Waals surface area contributed by atoms with Crippen LogP contribution in [0.4, 0.5) is 0 Å². The Bertz CT molecular complexity index is 1080. The molecule has 7 nitrogen and oxygen atoms in total. The van der Waals surface area contributed by atoms with Gasteiger partial charge in [0.2, 0.25) is 5.78 Å². The van der Waals surface area contributed by atoms with Crippen LogP contribution in [0.3, 0.4) is 0 Å². The van der Waals surface area contributed by atoms with Crippen molar-refractivity contribution < 1.29 is 24.2 Å². The molecule has 0 bridgehead atoms. The normalized spacial score (nSPS) is 12.8. The largest absolute Gasteiger partial charge is 0.506 e. The molecule has 4 rings (SSSR count). The van der Waals surface area contributed by atoms with Crippen molar-refractivity contribution in [3.05, 3.63) is 64.7 Å². The molecule has 0 saturated carbocycles. The van der Waals surface area contributed by atoms with E-state index in [1.807, 2.05) is 0 Å². The Morgan fingerprint density at radius 2 is 2.04 bits per heavy atom. The molecule has 7 heteroatoms. The summed E-state index contributed by atoms with van der Waals surface area (Å²) < 4.78 is 6.39. The highest BCUT2D eigenvalue weighted by Crippen LogP contribution is 2.36. The maximum Gasteiger partial charge on any atom is 0.341 e. The summed E-state index contributed by atoms with van der Waals surface area (Å²) in [6, 6.07) is 5.93. The topological polar surface area (TPSA) is 98.0 Å². The number of carbonyl (C=O) groups is 3. The predicted molar refractivity (Wildman–Crippen MR) is 86.1 cm³/mol. The lowest BCUT2D eigenvalue weighted by Gasteiger charge is -2.14. The third kappa shape index (κ3) is 1.92. The predicted octanol–water partition coefficient (Wildman–Crippen LogP) is 1.99. The minimum atomic E-state index is -0.767. The molecule has 3 aromatic rings. The first-order valence-electron chi connectivity index (χ1n) is 7.63. The van der Waals surface area contributed by atoms with Crippen LogP contribution < -0.4 is 0 Å². The summed E-state index contributed by atoms with van der Waals surface area (Å²) in [7, 11) is 0. The summed E-state index contributed by atoms with van der Waals surface area (Å²) in [5.41, 5.74) is 0.0537. The number of hydrogen-bond acceptors (Lipinski definition) is 6. The molecule has 0 aromatic carbocycles. The molecule has 0 atom stereocenters. The second-order valence-electron chi connectivity index (χ2n) is 5.49. The summed E-state index contributed by atoms with van der Waals surface area (Å²) >= 11 is 0. The van der Waals surface area contributed by atoms with Crippen LogP contribution in [0.2, 0.25) is 0 Å². The highest BCUT2D eigenvalue weighted by molar-refractivity contribution is 6.31. The zero-order chi connectivity index (χ0) is 17.7. The van der Waals surface area contributed by atoms with E-state index in [-0.39, 0.29) is 46.0 Å². The minimum absolute atomic E-state index is 0.00477. The molecule has 0 unspecified atom stereocenters. The molecule has 0 spiro atoms. The molecule has 0 radical (unpaired) electrons. The maximum atomic E-state index is 13.0. The number of hydrogen-bond donors (Lipinski definition) is 1. The Balaban J connectivity index is 2.15. The van der Waals surface area contributed by atoms with Crippen molar-refractivity contribution in [1.82, 2.24) is 9.38 Å². The molecule has 1 aliphatic rings. The number of ether oxygens (including phenoxy) is 1.